The van der Waals surface area contributed by atoms with Gasteiger partial charge < -0.3 is 4.74 Å². The highest BCUT2D eigenvalue weighted by Gasteiger charge is 2.25. The van der Waals surface area contributed by atoms with Crippen molar-refractivity contribution in [3.05, 3.63) is 46.9 Å². The van der Waals surface area contributed by atoms with Crippen molar-refractivity contribution in [3.63, 3.8) is 0 Å². The van der Waals surface area contributed by atoms with E-state index in [1.165, 1.54) is 0 Å². The van der Waals surface area contributed by atoms with Crippen LogP contribution < -0.4 is 10.1 Å². The van der Waals surface area contributed by atoms with Gasteiger partial charge >= 0.3 is 0 Å². The fourth-order valence-electron chi connectivity index (χ4n) is 2.02. The van der Waals surface area contributed by atoms with Crippen molar-refractivity contribution in [2.24, 2.45) is 0 Å². The minimum atomic E-state index is -0.366. The summed E-state index contributed by atoms with van der Waals surface area (Å²) in [5.41, 5.74) is 1.83. The zero-order chi connectivity index (χ0) is 15.4. The van der Waals surface area contributed by atoms with E-state index in [4.69, 9.17) is 4.74 Å². The van der Waals surface area contributed by atoms with Gasteiger partial charge in [-0.1, -0.05) is 23.8 Å². The maximum Gasteiger partial charge on any atom is 0.290 e. The summed E-state index contributed by atoms with van der Waals surface area (Å²) in [6.45, 7) is 7.80. The van der Waals surface area contributed by atoms with E-state index in [9.17, 15) is 9.59 Å². The summed E-state index contributed by atoms with van der Waals surface area (Å²) in [6.07, 6.45) is 2.43. The Hall–Kier alpha value is -2.01. The van der Waals surface area contributed by atoms with Gasteiger partial charge in [-0.3, -0.25) is 14.9 Å². The summed E-state index contributed by atoms with van der Waals surface area (Å²) in [6, 6.07) is 7.44. The molecule has 0 radical (unpaired) electrons. The van der Waals surface area contributed by atoms with Crippen molar-refractivity contribution in [3.8, 4) is 5.75 Å². The van der Waals surface area contributed by atoms with E-state index in [0.29, 0.717) is 10.7 Å². The molecule has 0 bridgehead atoms. The van der Waals surface area contributed by atoms with Crippen molar-refractivity contribution in [1.82, 2.24) is 5.32 Å². The lowest BCUT2D eigenvalue weighted by molar-refractivity contribution is -0.115. The number of benzene rings is 1. The third kappa shape index (κ3) is 4.23. The van der Waals surface area contributed by atoms with E-state index in [2.05, 4.69) is 11.9 Å². The molecule has 0 aliphatic carbocycles. The van der Waals surface area contributed by atoms with Gasteiger partial charge in [-0.15, -0.1) is 6.58 Å². The number of imide groups is 1. The molecule has 0 spiro atoms. The summed E-state index contributed by atoms with van der Waals surface area (Å²) in [4.78, 5) is 23.2. The van der Waals surface area contributed by atoms with Crippen molar-refractivity contribution >= 4 is 29.0 Å². The lowest BCUT2D eigenvalue weighted by Crippen LogP contribution is -2.17. The molecular weight excluding hydrogens is 286 g/mol. The van der Waals surface area contributed by atoms with E-state index in [1.54, 1.807) is 6.08 Å². The molecule has 1 N–H and O–H groups in total. The van der Waals surface area contributed by atoms with Gasteiger partial charge in [-0.05, 0) is 37.8 Å². The molecule has 1 aliphatic heterocycles. The van der Waals surface area contributed by atoms with Gasteiger partial charge in [0.15, 0.2) is 0 Å². The minimum absolute atomic E-state index is 0.00580. The standard InChI is InChI=1S/C16H17NO3S/c1-10(2)8-11(3)20-13-7-5-4-6-12(13)9-14-15(18)17-16(19)21-14/h4-7,9,11H,1,8H2,2-3H3,(H,17,18,19). The van der Waals surface area contributed by atoms with Crippen molar-refractivity contribution < 1.29 is 14.3 Å². The van der Waals surface area contributed by atoms with E-state index < -0.39 is 0 Å². The SMILES string of the molecule is C=C(C)CC(C)Oc1ccccc1C=C1SC(=O)NC1=O. The Balaban J connectivity index is 2.21. The summed E-state index contributed by atoms with van der Waals surface area (Å²) in [7, 11) is 0. The van der Waals surface area contributed by atoms with Crippen LogP contribution in [0.4, 0.5) is 4.79 Å². The van der Waals surface area contributed by atoms with Crippen LogP contribution in [-0.2, 0) is 4.79 Å². The third-order valence-corrected chi connectivity index (χ3v) is 3.62. The Bertz CT molecular complexity index is 622. The van der Waals surface area contributed by atoms with Crippen LogP contribution in [0.2, 0.25) is 0 Å². The molecule has 110 valence electrons. The average molecular weight is 303 g/mol. The summed E-state index contributed by atoms with van der Waals surface area (Å²) >= 11 is 0.899. The molecular formula is C16H17NO3S. The van der Waals surface area contributed by atoms with Crippen LogP contribution in [0, 0.1) is 0 Å². The lowest BCUT2D eigenvalue weighted by Gasteiger charge is -2.16. The first-order valence-electron chi connectivity index (χ1n) is 6.60. The second-order valence-electron chi connectivity index (χ2n) is 4.98. The number of carbonyl (C=O) groups is 2. The Morgan fingerprint density at radius 2 is 2.14 bits per heavy atom. The van der Waals surface area contributed by atoms with Crippen LogP contribution in [0.25, 0.3) is 6.08 Å². The van der Waals surface area contributed by atoms with Crippen molar-refractivity contribution in [2.45, 2.75) is 26.4 Å². The maximum absolute atomic E-state index is 11.6. The predicted molar refractivity (Wildman–Crippen MR) is 85.1 cm³/mol. The maximum atomic E-state index is 11.6. The summed E-state index contributed by atoms with van der Waals surface area (Å²) in [5.74, 6) is 0.321. The second kappa shape index (κ2) is 6.63. The molecule has 0 saturated carbocycles. The van der Waals surface area contributed by atoms with Crippen LogP contribution in [0.1, 0.15) is 25.8 Å². The van der Waals surface area contributed by atoms with Gasteiger partial charge in [0, 0.05) is 12.0 Å². The highest BCUT2D eigenvalue weighted by Crippen LogP contribution is 2.29. The zero-order valence-corrected chi connectivity index (χ0v) is 12.8. The Morgan fingerprint density at radius 3 is 2.76 bits per heavy atom. The zero-order valence-electron chi connectivity index (χ0n) is 12.0. The van der Waals surface area contributed by atoms with Gasteiger partial charge in [0.2, 0.25) is 0 Å². The summed E-state index contributed by atoms with van der Waals surface area (Å²) < 4.78 is 5.90. The van der Waals surface area contributed by atoms with E-state index in [1.807, 2.05) is 38.1 Å². The molecule has 1 atom stereocenters. The molecule has 1 saturated heterocycles. The van der Waals surface area contributed by atoms with Gasteiger partial charge in [0.05, 0.1) is 11.0 Å². The molecule has 1 aromatic carbocycles. The monoisotopic (exact) mass is 303 g/mol. The highest BCUT2D eigenvalue weighted by atomic mass is 32.2. The van der Waals surface area contributed by atoms with Crippen LogP contribution in [0.5, 0.6) is 5.75 Å². The first-order chi connectivity index (χ1) is 9.95. The van der Waals surface area contributed by atoms with E-state index in [0.717, 1.165) is 29.3 Å². The summed E-state index contributed by atoms with van der Waals surface area (Å²) in [5, 5.41) is 1.89. The normalized spacial score (nSPS) is 17.7. The molecule has 2 amide bonds. The Kier molecular flexibility index (Phi) is 4.85. The van der Waals surface area contributed by atoms with Crippen LogP contribution in [-0.4, -0.2) is 17.3 Å². The van der Waals surface area contributed by atoms with Crippen LogP contribution in [0.15, 0.2) is 41.3 Å². The fourth-order valence-corrected chi connectivity index (χ4v) is 2.69. The van der Waals surface area contributed by atoms with Crippen LogP contribution >= 0.6 is 11.8 Å². The highest BCUT2D eigenvalue weighted by molar-refractivity contribution is 8.18. The van der Waals surface area contributed by atoms with Crippen molar-refractivity contribution in [1.29, 1.82) is 0 Å². The van der Waals surface area contributed by atoms with Crippen molar-refractivity contribution in [2.75, 3.05) is 0 Å². The molecule has 1 aromatic rings. The van der Waals surface area contributed by atoms with E-state index >= 15 is 0 Å². The van der Waals surface area contributed by atoms with Crippen LogP contribution in [0.3, 0.4) is 0 Å². The number of para-hydroxylation sites is 1. The fraction of sp³-hybridized carbons (Fsp3) is 0.250. The van der Waals surface area contributed by atoms with Gasteiger partial charge in [-0.2, -0.15) is 0 Å². The number of rotatable bonds is 5. The molecule has 1 unspecified atom stereocenters. The quantitative estimate of drug-likeness (QED) is 0.665. The Morgan fingerprint density at radius 1 is 1.43 bits per heavy atom. The molecule has 5 heteroatoms. The average Bonchev–Trinajstić information content (AvgIpc) is 2.69. The van der Waals surface area contributed by atoms with E-state index in [-0.39, 0.29) is 17.3 Å². The molecule has 1 fully saturated rings. The van der Waals surface area contributed by atoms with Gasteiger partial charge in [0.1, 0.15) is 5.75 Å². The number of amides is 2. The first kappa shape index (κ1) is 15.4. The number of ether oxygens (including phenoxy) is 1. The molecule has 21 heavy (non-hydrogen) atoms. The molecule has 1 aliphatic rings. The van der Waals surface area contributed by atoms with Gasteiger partial charge in [0.25, 0.3) is 11.1 Å². The van der Waals surface area contributed by atoms with Gasteiger partial charge in [-0.25, -0.2) is 0 Å². The number of thioether (sulfide) groups is 1. The smallest absolute Gasteiger partial charge is 0.290 e. The molecule has 2 rings (SSSR count). The lowest BCUT2D eigenvalue weighted by atomic mass is 10.1. The predicted octanol–water partition coefficient (Wildman–Crippen LogP) is 3.74. The first-order valence-corrected chi connectivity index (χ1v) is 7.42. The topological polar surface area (TPSA) is 55.4 Å². The molecule has 0 aromatic heterocycles. The number of carbonyl (C=O) groups excluding carboxylic acids is 2. The molecule has 4 nitrogen and oxygen atoms in total. The number of hydrogen-bond donors (Lipinski definition) is 1. The molecule has 1 heterocycles. The Labute approximate surface area is 128 Å². The third-order valence-electron chi connectivity index (χ3n) is 2.81. The second-order valence-corrected chi connectivity index (χ2v) is 5.99. The largest absolute Gasteiger partial charge is 0.490 e. The minimum Gasteiger partial charge on any atom is -0.490 e. The number of nitrogens with one attached hydrogen (secondary N) is 1. The number of hydrogen-bond acceptors (Lipinski definition) is 4.